The number of rotatable bonds is 5. The summed E-state index contributed by atoms with van der Waals surface area (Å²) in [5.74, 6) is 0.602. The van der Waals surface area contributed by atoms with Gasteiger partial charge >= 0.3 is 5.97 Å². The van der Waals surface area contributed by atoms with Crippen LogP contribution < -0.4 is 15.2 Å². The van der Waals surface area contributed by atoms with Gasteiger partial charge in [-0.25, -0.2) is 4.79 Å². The van der Waals surface area contributed by atoms with Gasteiger partial charge in [0.15, 0.2) is 0 Å². The van der Waals surface area contributed by atoms with Crippen LogP contribution in [0.4, 0.5) is 0 Å². The fourth-order valence-electron chi connectivity index (χ4n) is 3.23. The highest BCUT2D eigenvalue weighted by Gasteiger charge is 2.25. The van der Waals surface area contributed by atoms with Crippen LogP contribution in [0.25, 0.3) is 11.6 Å². The fraction of sp³-hybridized carbons (Fsp3) is 0.421. The van der Waals surface area contributed by atoms with Gasteiger partial charge in [-0.3, -0.25) is 4.90 Å². The summed E-state index contributed by atoms with van der Waals surface area (Å²) in [5, 5.41) is 12.4. The zero-order valence-corrected chi connectivity index (χ0v) is 14.4. The van der Waals surface area contributed by atoms with Crippen LogP contribution in [0.3, 0.4) is 0 Å². The van der Waals surface area contributed by atoms with Gasteiger partial charge in [0.2, 0.25) is 0 Å². The van der Waals surface area contributed by atoms with Gasteiger partial charge in [-0.15, -0.1) is 0 Å². The molecule has 0 spiro atoms. The summed E-state index contributed by atoms with van der Waals surface area (Å²) >= 11 is 0. The van der Waals surface area contributed by atoms with E-state index in [0.717, 1.165) is 18.8 Å². The van der Waals surface area contributed by atoms with Crippen molar-refractivity contribution < 1.29 is 19.4 Å². The summed E-state index contributed by atoms with van der Waals surface area (Å²) in [6.45, 7) is 6.05. The van der Waals surface area contributed by atoms with Crippen LogP contribution in [-0.4, -0.2) is 49.3 Å². The summed E-state index contributed by atoms with van der Waals surface area (Å²) < 4.78 is 10.4. The van der Waals surface area contributed by atoms with Crippen molar-refractivity contribution in [3.8, 4) is 5.75 Å². The molecule has 5 heteroatoms. The first-order valence-electron chi connectivity index (χ1n) is 8.23. The van der Waals surface area contributed by atoms with Crippen molar-refractivity contribution in [2.75, 3.05) is 33.4 Å². The average molecular weight is 329 g/mol. The summed E-state index contributed by atoms with van der Waals surface area (Å²) in [5.41, 5.74) is 2.82. The first-order valence-corrected chi connectivity index (χ1v) is 8.23. The van der Waals surface area contributed by atoms with E-state index in [0.29, 0.717) is 25.1 Å². The molecule has 2 aliphatic rings. The molecular formula is C19H23NO4. The number of fused-ring (bicyclic) bond motifs is 1. The maximum Gasteiger partial charge on any atom is 0.338 e. The minimum absolute atomic E-state index is 0.158. The maximum atomic E-state index is 12.0. The van der Waals surface area contributed by atoms with Crippen LogP contribution in [0.1, 0.15) is 18.9 Å². The van der Waals surface area contributed by atoms with E-state index in [-0.39, 0.29) is 5.76 Å². The predicted octanol–water partition coefficient (Wildman–Crippen LogP) is 1.03. The normalized spacial score (nSPS) is 17.0. The second-order valence-electron chi connectivity index (χ2n) is 6.18. The zero-order chi connectivity index (χ0) is 17.3. The van der Waals surface area contributed by atoms with E-state index in [1.807, 2.05) is 6.07 Å². The average Bonchev–Trinajstić information content (AvgIpc) is 2.55. The molecule has 0 atom stereocenters. The molecule has 0 saturated carbocycles. The summed E-state index contributed by atoms with van der Waals surface area (Å²) in [4.78, 5) is 14.1. The second kappa shape index (κ2) is 6.69. The molecule has 0 bridgehead atoms. The van der Waals surface area contributed by atoms with Crippen molar-refractivity contribution in [2.24, 2.45) is 0 Å². The van der Waals surface area contributed by atoms with Gasteiger partial charge in [-0.2, -0.15) is 0 Å². The standard InChI is InChI=1S/C19H23NO4/c1-4-24-19(22)17-11-20(6-5-18(17)21)10-13-8-15-12(2)7-14(23-3)9-16(13)15/h7-9,21H,4-6,10-11H2,1-3H3. The van der Waals surface area contributed by atoms with E-state index in [1.54, 1.807) is 14.0 Å². The topological polar surface area (TPSA) is 59.0 Å². The first kappa shape index (κ1) is 16.6. The fourth-order valence-corrected chi connectivity index (χ4v) is 3.23. The number of esters is 1. The summed E-state index contributed by atoms with van der Waals surface area (Å²) in [6.07, 6.45) is 2.66. The van der Waals surface area contributed by atoms with Crippen LogP contribution in [0, 0.1) is 6.92 Å². The smallest absolute Gasteiger partial charge is 0.338 e. The van der Waals surface area contributed by atoms with Crippen molar-refractivity contribution in [3.05, 3.63) is 39.5 Å². The first-order chi connectivity index (χ1) is 11.5. The number of carbonyl (C=O) groups is 1. The maximum absolute atomic E-state index is 12.0. The van der Waals surface area contributed by atoms with Gasteiger partial charge in [0, 0.05) is 26.1 Å². The number of aryl methyl sites for hydroxylation is 1. The Morgan fingerprint density at radius 2 is 2.17 bits per heavy atom. The molecule has 0 fully saturated rings. The van der Waals surface area contributed by atoms with Crippen LogP contribution in [-0.2, 0) is 9.53 Å². The van der Waals surface area contributed by atoms with Crippen molar-refractivity contribution in [2.45, 2.75) is 20.3 Å². The molecule has 0 unspecified atom stereocenters. The predicted molar refractivity (Wildman–Crippen MR) is 92.2 cm³/mol. The molecule has 0 saturated heterocycles. The highest BCUT2D eigenvalue weighted by molar-refractivity contribution is 5.90. The number of hydrogen-bond acceptors (Lipinski definition) is 5. The molecule has 3 rings (SSSR count). The number of aliphatic hydroxyl groups excluding tert-OH is 1. The van der Waals surface area contributed by atoms with E-state index in [1.165, 1.54) is 21.6 Å². The SMILES string of the molecule is CCOC(=O)C1=C(O)CCN(CC2=c3cc(OC)cc(C)c3=C2)C1. The lowest BCUT2D eigenvalue weighted by atomic mass is 9.95. The number of carbonyl (C=O) groups excluding carboxylic acids is 1. The lowest BCUT2D eigenvalue weighted by Gasteiger charge is -2.29. The Morgan fingerprint density at radius 1 is 1.38 bits per heavy atom. The van der Waals surface area contributed by atoms with Gasteiger partial charge in [-0.1, -0.05) is 0 Å². The Kier molecular flexibility index (Phi) is 4.62. The van der Waals surface area contributed by atoms with Crippen molar-refractivity contribution in [1.82, 2.24) is 4.90 Å². The molecule has 1 heterocycles. The Bertz CT molecular complexity index is 823. The third-order valence-corrected chi connectivity index (χ3v) is 4.57. The highest BCUT2D eigenvalue weighted by Crippen LogP contribution is 2.19. The number of hydrogen-bond donors (Lipinski definition) is 1. The van der Waals surface area contributed by atoms with Gasteiger partial charge in [-0.05, 0) is 53.6 Å². The summed E-state index contributed by atoms with van der Waals surface area (Å²) in [6, 6.07) is 4.09. The number of benzene rings is 1. The lowest BCUT2D eigenvalue weighted by Crippen LogP contribution is -2.43. The van der Waals surface area contributed by atoms with E-state index >= 15 is 0 Å². The van der Waals surface area contributed by atoms with Crippen molar-refractivity contribution in [1.29, 1.82) is 0 Å². The Morgan fingerprint density at radius 3 is 2.88 bits per heavy atom. The molecule has 0 radical (unpaired) electrons. The minimum Gasteiger partial charge on any atom is -0.512 e. The number of aliphatic hydroxyl groups is 1. The molecule has 0 aromatic heterocycles. The molecule has 1 aromatic rings. The number of ether oxygens (including phenoxy) is 2. The van der Waals surface area contributed by atoms with Gasteiger partial charge in [0.05, 0.1) is 19.3 Å². The van der Waals surface area contributed by atoms with E-state index in [9.17, 15) is 9.90 Å². The Hall–Kier alpha value is -2.27. The molecule has 24 heavy (non-hydrogen) atoms. The lowest BCUT2D eigenvalue weighted by molar-refractivity contribution is -0.139. The van der Waals surface area contributed by atoms with Crippen molar-refractivity contribution in [3.63, 3.8) is 0 Å². The molecule has 128 valence electrons. The Labute approximate surface area is 141 Å². The molecular weight excluding hydrogens is 306 g/mol. The minimum atomic E-state index is -0.416. The molecule has 1 aliphatic carbocycles. The molecule has 0 amide bonds. The monoisotopic (exact) mass is 329 g/mol. The molecule has 1 aromatic carbocycles. The van der Waals surface area contributed by atoms with Crippen LogP contribution in [0.15, 0.2) is 23.5 Å². The third kappa shape index (κ3) is 3.04. The zero-order valence-electron chi connectivity index (χ0n) is 14.4. The van der Waals surface area contributed by atoms with Crippen LogP contribution >= 0.6 is 0 Å². The highest BCUT2D eigenvalue weighted by atomic mass is 16.5. The van der Waals surface area contributed by atoms with E-state index in [4.69, 9.17) is 9.47 Å². The Balaban J connectivity index is 1.78. The van der Waals surface area contributed by atoms with E-state index in [2.05, 4.69) is 24.0 Å². The van der Waals surface area contributed by atoms with Gasteiger partial charge < -0.3 is 14.6 Å². The van der Waals surface area contributed by atoms with Crippen molar-refractivity contribution >= 4 is 17.6 Å². The second-order valence-corrected chi connectivity index (χ2v) is 6.18. The van der Waals surface area contributed by atoms with Crippen LogP contribution in [0.2, 0.25) is 0 Å². The molecule has 1 N–H and O–H groups in total. The largest absolute Gasteiger partial charge is 0.512 e. The van der Waals surface area contributed by atoms with Gasteiger partial charge in [0.1, 0.15) is 11.5 Å². The van der Waals surface area contributed by atoms with Gasteiger partial charge in [0.25, 0.3) is 0 Å². The number of nitrogens with zero attached hydrogens (tertiary/aromatic N) is 1. The molecule has 5 nitrogen and oxygen atoms in total. The third-order valence-electron chi connectivity index (χ3n) is 4.57. The summed E-state index contributed by atoms with van der Waals surface area (Å²) in [7, 11) is 1.67. The van der Waals surface area contributed by atoms with Crippen LogP contribution in [0.5, 0.6) is 5.75 Å². The molecule has 1 aliphatic heterocycles. The van der Waals surface area contributed by atoms with E-state index < -0.39 is 5.97 Å². The quantitative estimate of drug-likeness (QED) is 0.818. The number of methoxy groups -OCH3 is 1.